The second kappa shape index (κ2) is 9.46. The Hall–Kier alpha value is -0.770. The summed E-state index contributed by atoms with van der Waals surface area (Å²) in [5.74, 6) is 0. The maximum absolute atomic E-state index is 10.4. The molecule has 0 radical (unpaired) electrons. The van der Waals surface area contributed by atoms with Crippen molar-refractivity contribution < 1.29 is 48.3 Å². The molecule has 0 aromatic rings. The zero-order valence-corrected chi connectivity index (χ0v) is 7.15. The quantitative estimate of drug-likeness (QED) is 0.580. The van der Waals surface area contributed by atoms with Crippen molar-refractivity contribution in [2.45, 2.75) is 18.8 Å². The van der Waals surface area contributed by atoms with Crippen LogP contribution in [-0.2, 0) is 0 Å². The summed E-state index contributed by atoms with van der Waals surface area (Å²) in [5.41, 5.74) is 0. The first-order valence-corrected chi connectivity index (χ1v) is 3.01. The van der Waals surface area contributed by atoms with Crippen LogP contribution in [0.15, 0.2) is 0 Å². The monoisotopic (exact) mass is 274 g/mol. The summed E-state index contributed by atoms with van der Waals surface area (Å²) in [6.07, 6.45) is -14.2. The summed E-state index contributed by atoms with van der Waals surface area (Å²) >= 11 is 0. The van der Waals surface area contributed by atoms with Gasteiger partial charge in [-0.05, 0) is 0 Å². The highest BCUT2D eigenvalue weighted by Gasteiger charge is 2.40. The Balaban J connectivity index is -0.000000172. The number of halogens is 11. The Morgan fingerprint density at radius 2 is 0.875 bits per heavy atom. The second-order valence-corrected chi connectivity index (χ2v) is 1.69. The molecule has 11 heteroatoms. The standard InChI is InChI=1S/C2HF5.C2H2F4.CH2F2/c3-1(4)2(5,6)7;3-1-2(4,5)6;2-1-3/h1H;1H2;1H2. The first-order valence-electron chi connectivity index (χ1n) is 3.01. The van der Waals surface area contributed by atoms with E-state index in [9.17, 15) is 48.3 Å². The Labute approximate surface area is 82.0 Å². The van der Waals surface area contributed by atoms with Crippen molar-refractivity contribution in [2.24, 2.45) is 0 Å². The Morgan fingerprint density at radius 3 is 0.875 bits per heavy atom. The molecule has 0 aliphatic rings. The number of hydrogen-bond donors (Lipinski definition) is 0. The number of alkyl halides is 11. The molecule has 0 heterocycles. The van der Waals surface area contributed by atoms with Crippen LogP contribution in [0.3, 0.4) is 0 Å². The average molecular weight is 274 g/mol. The first kappa shape index (κ1) is 20.6. The SMILES string of the molecule is FC(F)C(F)(F)F.FCC(F)(F)F.FCF. The van der Waals surface area contributed by atoms with Gasteiger partial charge in [-0.2, -0.15) is 26.3 Å². The van der Waals surface area contributed by atoms with E-state index in [2.05, 4.69) is 0 Å². The third kappa shape index (κ3) is 29.2. The van der Waals surface area contributed by atoms with Crippen molar-refractivity contribution >= 4 is 0 Å². The third-order valence-corrected chi connectivity index (χ3v) is 0.399. The molecule has 0 bridgehead atoms. The lowest BCUT2D eigenvalue weighted by Crippen LogP contribution is -2.18. The van der Waals surface area contributed by atoms with E-state index >= 15 is 0 Å². The van der Waals surface area contributed by atoms with Crippen LogP contribution in [0.2, 0.25) is 0 Å². The van der Waals surface area contributed by atoms with Crippen molar-refractivity contribution in [3.63, 3.8) is 0 Å². The lowest BCUT2D eigenvalue weighted by Gasteiger charge is -2.00. The molecule has 102 valence electrons. The van der Waals surface area contributed by atoms with Crippen molar-refractivity contribution in [1.82, 2.24) is 0 Å². The van der Waals surface area contributed by atoms with E-state index in [1.165, 1.54) is 0 Å². The highest BCUT2D eigenvalue weighted by Crippen LogP contribution is 2.22. The molecule has 0 saturated heterocycles. The zero-order chi connectivity index (χ0) is 14.0. The van der Waals surface area contributed by atoms with E-state index in [1.54, 1.807) is 0 Å². The fourth-order valence-electron chi connectivity index (χ4n) is 0. The van der Waals surface area contributed by atoms with E-state index in [0.29, 0.717) is 0 Å². The van der Waals surface area contributed by atoms with Crippen molar-refractivity contribution in [2.75, 3.05) is 13.6 Å². The van der Waals surface area contributed by atoms with Gasteiger partial charge >= 0.3 is 18.8 Å². The van der Waals surface area contributed by atoms with Gasteiger partial charge in [0, 0.05) is 0 Å². The normalized spacial score (nSPS) is 11.2. The molecule has 0 N–H and O–H groups in total. The molecule has 0 rings (SSSR count). The van der Waals surface area contributed by atoms with Crippen molar-refractivity contribution in [1.29, 1.82) is 0 Å². The molecule has 0 atom stereocenters. The van der Waals surface area contributed by atoms with Crippen LogP contribution in [0.1, 0.15) is 0 Å². The Bertz CT molecular complexity index is 132. The summed E-state index contributed by atoms with van der Waals surface area (Å²) in [5, 5.41) is 0. The van der Waals surface area contributed by atoms with Crippen molar-refractivity contribution in [3.8, 4) is 0 Å². The van der Waals surface area contributed by atoms with Gasteiger partial charge in [0.25, 0.3) is 0 Å². The maximum atomic E-state index is 10.4. The summed E-state index contributed by atoms with van der Waals surface area (Å²) in [7, 11) is 0. The van der Waals surface area contributed by atoms with E-state index < -0.39 is 32.4 Å². The molecule has 0 unspecified atom stereocenters. The molecule has 0 nitrogen and oxygen atoms in total. The van der Waals surface area contributed by atoms with Crippen LogP contribution in [0.5, 0.6) is 0 Å². The van der Waals surface area contributed by atoms with Gasteiger partial charge in [0.2, 0.25) is 6.93 Å². The van der Waals surface area contributed by atoms with Gasteiger partial charge in [0.05, 0.1) is 0 Å². The van der Waals surface area contributed by atoms with Crippen LogP contribution in [0.25, 0.3) is 0 Å². The van der Waals surface area contributed by atoms with Crippen LogP contribution in [0, 0.1) is 0 Å². The Kier molecular flexibility index (Phi) is 12.2. The molecule has 0 amide bonds. The van der Waals surface area contributed by atoms with Gasteiger partial charge in [-0.15, -0.1) is 0 Å². The van der Waals surface area contributed by atoms with Gasteiger partial charge in [-0.3, -0.25) is 0 Å². The van der Waals surface area contributed by atoms with Gasteiger partial charge < -0.3 is 0 Å². The molecule has 0 aromatic carbocycles. The van der Waals surface area contributed by atoms with Gasteiger partial charge in [-0.25, -0.2) is 22.0 Å². The van der Waals surface area contributed by atoms with E-state index in [4.69, 9.17) is 0 Å². The third-order valence-electron chi connectivity index (χ3n) is 0.399. The topological polar surface area (TPSA) is 0 Å². The van der Waals surface area contributed by atoms with E-state index in [1.807, 2.05) is 0 Å². The fraction of sp³-hybridized carbons (Fsp3) is 1.00. The molecule has 0 saturated carbocycles. The number of rotatable bonds is 0. The lowest BCUT2D eigenvalue weighted by molar-refractivity contribution is -0.219. The largest absolute Gasteiger partial charge is 0.450 e. The van der Waals surface area contributed by atoms with Crippen LogP contribution in [0.4, 0.5) is 48.3 Å². The van der Waals surface area contributed by atoms with E-state index in [-0.39, 0.29) is 0 Å². The second-order valence-electron chi connectivity index (χ2n) is 1.69. The number of hydrogen-bond acceptors (Lipinski definition) is 0. The maximum Gasteiger partial charge on any atom is 0.450 e. The molecule has 0 aliphatic heterocycles. The average Bonchev–Trinajstić information content (AvgIpc) is 2.03. The molecule has 0 aliphatic carbocycles. The first-order chi connectivity index (χ1) is 6.92. The summed E-state index contributed by atoms with van der Waals surface area (Å²) in [4.78, 5) is 0. The highest BCUT2D eigenvalue weighted by molar-refractivity contribution is 4.48. The van der Waals surface area contributed by atoms with Gasteiger partial charge in [0.1, 0.15) is 0 Å². The molecule has 0 spiro atoms. The predicted octanol–water partition coefficient (Wildman–Crippen LogP) is 4.21. The van der Waals surface area contributed by atoms with Crippen LogP contribution >= 0.6 is 0 Å². The summed E-state index contributed by atoms with van der Waals surface area (Å²) in [6.45, 7) is -3.98. The molecular formula is C5H5F11. The smallest absolute Gasteiger partial charge is 0.241 e. The predicted molar refractivity (Wildman–Crippen MR) is 31.2 cm³/mol. The Morgan fingerprint density at radius 1 is 0.750 bits per heavy atom. The molecule has 0 aromatic heterocycles. The van der Waals surface area contributed by atoms with Crippen molar-refractivity contribution in [3.05, 3.63) is 0 Å². The minimum absolute atomic E-state index is 1.75. The minimum Gasteiger partial charge on any atom is -0.241 e. The molecule has 16 heavy (non-hydrogen) atoms. The lowest BCUT2D eigenvalue weighted by atomic mass is 10.7. The summed E-state index contributed by atoms with van der Waals surface area (Å²) in [6, 6.07) is 0. The summed E-state index contributed by atoms with van der Waals surface area (Å²) < 4.78 is 113. The zero-order valence-electron chi connectivity index (χ0n) is 7.15. The van der Waals surface area contributed by atoms with Crippen LogP contribution < -0.4 is 0 Å². The fourth-order valence-corrected chi connectivity index (χ4v) is 0. The minimum atomic E-state index is -5.33. The highest BCUT2D eigenvalue weighted by atomic mass is 19.4. The van der Waals surface area contributed by atoms with Gasteiger partial charge in [-0.1, -0.05) is 0 Å². The molecular weight excluding hydrogens is 269 g/mol. The molecule has 0 fully saturated rings. The van der Waals surface area contributed by atoms with E-state index in [0.717, 1.165) is 0 Å². The van der Waals surface area contributed by atoms with Crippen LogP contribution in [-0.4, -0.2) is 32.4 Å². The van der Waals surface area contributed by atoms with Gasteiger partial charge in [0.15, 0.2) is 6.67 Å².